The first kappa shape index (κ1) is 37.0. The Morgan fingerprint density at radius 2 is 1.32 bits per heavy atom. The molecular formula is C51H50N2O3. The molecule has 6 aromatic carbocycles. The highest BCUT2D eigenvalue weighted by Crippen LogP contribution is 2.45. The van der Waals surface area contributed by atoms with Crippen molar-refractivity contribution in [3.63, 3.8) is 0 Å². The van der Waals surface area contributed by atoms with Crippen molar-refractivity contribution in [3.05, 3.63) is 137 Å². The van der Waals surface area contributed by atoms with Crippen LogP contribution in [-0.4, -0.2) is 16.3 Å². The van der Waals surface area contributed by atoms with Gasteiger partial charge in [0.1, 0.15) is 22.4 Å². The Kier molecular flexibility index (Phi) is 9.44. The minimum Gasteiger partial charge on any atom is -0.507 e. The minimum absolute atomic E-state index is 0.0714. The summed E-state index contributed by atoms with van der Waals surface area (Å²) in [5.41, 5.74) is 14.5. The maximum Gasteiger partial charge on any atom is 0.229 e. The molecule has 0 aliphatic rings. The molecule has 1 N–H and O–H groups in total. The molecule has 0 saturated carbocycles. The number of hydrogen-bond donors (Lipinski definition) is 1. The molecule has 2 aromatic heterocycles. The van der Waals surface area contributed by atoms with Crippen LogP contribution in [0.3, 0.4) is 0 Å². The molecule has 5 heteroatoms. The van der Waals surface area contributed by atoms with Gasteiger partial charge in [0.15, 0.2) is 5.58 Å². The van der Waals surface area contributed by atoms with Crippen molar-refractivity contribution in [2.75, 3.05) is 0 Å². The predicted molar refractivity (Wildman–Crippen MR) is 234 cm³/mol. The summed E-state index contributed by atoms with van der Waals surface area (Å²) in [6, 6.07) is 37.4. The molecule has 0 amide bonds. The number of hydrogen-bond acceptors (Lipinski definition) is 5. The van der Waals surface area contributed by atoms with Crippen LogP contribution in [0.4, 0.5) is 5.69 Å². The average molecular weight is 739 g/mol. The Balaban J connectivity index is 1.37. The van der Waals surface area contributed by atoms with Crippen LogP contribution in [0.15, 0.2) is 123 Å². The maximum absolute atomic E-state index is 10.8. The van der Waals surface area contributed by atoms with Crippen LogP contribution in [0.5, 0.6) is 5.75 Å². The van der Waals surface area contributed by atoms with E-state index in [9.17, 15) is 5.11 Å². The van der Waals surface area contributed by atoms with E-state index in [-0.39, 0.29) is 11.2 Å². The largest absolute Gasteiger partial charge is 0.507 e. The standard InChI is InChI=1S/C51H50N2O3/c1-29(2)32-24-40(30(3)4)47(41(25-32)31(5)6)33-26-42(38-18-14-17-37-36-15-11-13-20-45(36)55-49(37)38)48-46(27-33)56-50(53-48)39-16-10-12-19-43(39)52-28-34-23-35(51(7,8)9)21-22-44(34)54/h10-31,54H,1-9H3. The van der Waals surface area contributed by atoms with Crippen molar-refractivity contribution >= 4 is 44.9 Å². The molecule has 0 radical (unpaired) electrons. The van der Waals surface area contributed by atoms with Crippen molar-refractivity contribution in [3.8, 4) is 39.5 Å². The molecule has 2 heterocycles. The van der Waals surface area contributed by atoms with Gasteiger partial charge < -0.3 is 13.9 Å². The number of fused-ring (bicyclic) bond motifs is 4. The van der Waals surface area contributed by atoms with Crippen LogP contribution in [-0.2, 0) is 5.41 Å². The highest BCUT2D eigenvalue weighted by Gasteiger charge is 2.24. The molecule has 8 rings (SSSR count). The van der Waals surface area contributed by atoms with Gasteiger partial charge in [0.05, 0.1) is 11.3 Å². The molecule has 0 saturated heterocycles. The summed E-state index contributed by atoms with van der Waals surface area (Å²) in [6.45, 7) is 20.1. The summed E-state index contributed by atoms with van der Waals surface area (Å²) in [4.78, 5) is 10.2. The zero-order valence-corrected chi connectivity index (χ0v) is 33.9. The lowest BCUT2D eigenvalue weighted by Gasteiger charge is -2.23. The van der Waals surface area contributed by atoms with Crippen LogP contribution < -0.4 is 0 Å². The number of nitrogens with zero attached hydrogens (tertiary/aromatic N) is 2. The van der Waals surface area contributed by atoms with Gasteiger partial charge in [-0.1, -0.05) is 129 Å². The van der Waals surface area contributed by atoms with Crippen LogP contribution >= 0.6 is 0 Å². The third kappa shape index (κ3) is 6.70. The molecule has 56 heavy (non-hydrogen) atoms. The molecule has 5 nitrogen and oxygen atoms in total. The summed E-state index contributed by atoms with van der Waals surface area (Å²) in [5, 5.41) is 12.9. The van der Waals surface area contributed by atoms with E-state index in [1.807, 2.05) is 48.5 Å². The summed E-state index contributed by atoms with van der Waals surface area (Å²) in [6.07, 6.45) is 1.72. The van der Waals surface area contributed by atoms with Gasteiger partial charge >= 0.3 is 0 Å². The molecule has 0 fully saturated rings. The Morgan fingerprint density at radius 1 is 0.643 bits per heavy atom. The van der Waals surface area contributed by atoms with Crippen LogP contribution in [0, 0.1) is 0 Å². The van der Waals surface area contributed by atoms with Crippen molar-refractivity contribution in [2.24, 2.45) is 4.99 Å². The lowest BCUT2D eigenvalue weighted by Crippen LogP contribution is -2.11. The summed E-state index contributed by atoms with van der Waals surface area (Å²) >= 11 is 0. The third-order valence-corrected chi connectivity index (χ3v) is 11.0. The van der Waals surface area contributed by atoms with E-state index in [2.05, 4.69) is 117 Å². The van der Waals surface area contributed by atoms with E-state index in [1.165, 1.54) is 22.3 Å². The monoisotopic (exact) mass is 738 g/mol. The van der Waals surface area contributed by atoms with Crippen molar-refractivity contribution in [1.29, 1.82) is 0 Å². The number of aromatic nitrogens is 1. The molecular weight excluding hydrogens is 689 g/mol. The number of para-hydroxylation sites is 3. The number of aliphatic imine (C=N–C) groups is 1. The van der Waals surface area contributed by atoms with Gasteiger partial charge in [0.2, 0.25) is 5.89 Å². The number of rotatable bonds is 8. The minimum atomic E-state index is -0.0714. The van der Waals surface area contributed by atoms with Crippen molar-refractivity contribution in [1.82, 2.24) is 4.98 Å². The van der Waals surface area contributed by atoms with Crippen LogP contribution in [0.2, 0.25) is 0 Å². The smallest absolute Gasteiger partial charge is 0.229 e. The van der Waals surface area contributed by atoms with E-state index in [1.54, 1.807) is 12.3 Å². The topological polar surface area (TPSA) is 71.8 Å². The summed E-state index contributed by atoms with van der Waals surface area (Å²) in [5.74, 6) is 1.67. The number of benzene rings is 6. The van der Waals surface area contributed by atoms with Gasteiger partial charge in [-0.25, -0.2) is 4.98 Å². The lowest BCUT2D eigenvalue weighted by atomic mass is 9.81. The molecule has 0 aliphatic heterocycles. The first-order chi connectivity index (χ1) is 26.8. The fourth-order valence-corrected chi connectivity index (χ4v) is 7.77. The third-order valence-electron chi connectivity index (χ3n) is 11.0. The second kappa shape index (κ2) is 14.3. The van der Waals surface area contributed by atoms with E-state index in [4.69, 9.17) is 18.8 Å². The van der Waals surface area contributed by atoms with E-state index < -0.39 is 0 Å². The van der Waals surface area contributed by atoms with Crippen molar-refractivity contribution in [2.45, 2.75) is 85.5 Å². The van der Waals surface area contributed by atoms with Gasteiger partial charge in [0, 0.05) is 33.7 Å². The van der Waals surface area contributed by atoms with E-state index in [0.717, 1.165) is 55.3 Å². The van der Waals surface area contributed by atoms with Gasteiger partial charge in [-0.15, -0.1) is 0 Å². The Bertz CT molecular complexity index is 2760. The molecule has 0 spiro atoms. The lowest BCUT2D eigenvalue weighted by molar-refractivity contribution is 0.473. The average Bonchev–Trinajstić information content (AvgIpc) is 3.78. The second-order valence-corrected chi connectivity index (χ2v) is 17.0. The molecule has 0 unspecified atom stereocenters. The highest BCUT2D eigenvalue weighted by atomic mass is 16.3. The number of oxazole rings is 1. The molecule has 0 atom stereocenters. The molecule has 0 aliphatic carbocycles. The van der Waals surface area contributed by atoms with Crippen LogP contribution in [0.1, 0.15) is 108 Å². The first-order valence-electron chi connectivity index (χ1n) is 19.8. The Labute approximate surface area is 329 Å². The van der Waals surface area contributed by atoms with Crippen LogP contribution in [0.25, 0.3) is 66.7 Å². The Morgan fingerprint density at radius 3 is 2.04 bits per heavy atom. The SMILES string of the molecule is CC(C)c1cc(C(C)C)c(-c2cc(-c3cccc4c3oc3ccccc34)c3nc(-c4ccccc4N=Cc4cc(C(C)(C)C)ccc4O)oc3c2)c(C(C)C)c1. The highest BCUT2D eigenvalue weighted by molar-refractivity contribution is 6.12. The van der Waals surface area contributed by atoms with Gasteiger partial charge in [0.25, 0.3) is 0 Å². The second-order valence-electron chi connectivity index (χ2n) is 17.0. The number of furan rings is 1. The van der Waals surface area contributed by atoms with Gasteiger partial charge in [-0.2, -0.15) is 0 Å². The van der Waals surface area contributed by atoms with E-state index >= 15 is 0 Å². The Hall–Kier alpha value is -5.94. The fraction of sp³-hybridized carbons (Fsp3) is 0.255. The zero-order chi connectivity index (χ0) is 39.5. The summed E-state index contributed by atoms with van der Waals surface area (Å²) in [7, 11) is 0. The first-order valence-corrected chi connectivity index (χ1v) is 19.8. The number of phenolic OH excluding ortho intramolecular Hbond substituents is 1. The number of phenols is 1. The summed E-state index contributed by atoms with van der Waals surface area (Å²) < 4.78 is 13.5. The fourth-order valence-electron chi connectivity index (χ4n) is 7.77. The van der Waals surface area contributed by atoms with E-state index in [0.29, 0.717) is 40.5 Å². The van der Waals surface area contributed by atoms with Gasteiger partial charge in [-0.05, 0) is 99.0 Å². The molecule has 282 valence electrons. The maximum atomic E-state index is 10.8. The molecule has 0 bridgehead atoms. The quantitative estimate of drug-likeness (QED) is 0.158. The zero-order valence-electron chi connectivity index (χ0n) is 33.9. The van der Waals surface area contributed by atoms with Gasteiger partial charge in [-0.3, -0.25) is 4.99 Å². The van der Waals surface area contributed by atoms with Crippen molar-refractivity contribution < 1.29 is 13.9 Å². The molecule has 8 aromatic rings. The predicted octanol–water partition coefficient (Wildman–Crippen LogP) is 14.9. The number of aromatic hydroxyl groups is 1. The normalized spacial score (nSPS) is 12.5.